The second kappa shape index (κ2) is 8.75. The highest BCUT2D eigenvalue weighted by Gasteiger charge is 2.33. The number of sulfonamides is 1. The predicted octanol–water partition coefficient (Wildman–Crippen LogP) is 1.57. The molecule has 1 aliphatic heterocycles. The van der Waals surface area contributed by atoms with E-state index in [2.05, 4.69) is 4.74 Å². The topological polar surface area (TPSA) is 79.0 Å². The van der Waals surface area contributed by atoms with Crippen LogP contribution in [0.15, 0.2) is 29.2 Å². The van der Waals surface area contributed by atoms with Gasteiger partial charge < -0.3 is 10.1 Å². The Balaban J connectivity index is 1.90. The highest BCUT2D eigenvalue weighted by molar-refractivity contribution is 7.89. The molecular weight excluding hydrogens is 432 g/mol. The van der Waals surface area contributed by atoms with Crippen LogP contribution in [0.5, 0.6) is 5.75 Å². The monoisotopic (exact) mass is 449 g/mol. The van der Waals surface area contributed by atoms with Crippen LogP contribution in [0.25, 0.3) is 0 Å². The standard InChI is InChI=1S/C15H17F6N3O4S/c16-14(17,18)10-22-13(25)9-23-5-7-24(8-6-23)29(26,27)12-3-1-11(2-4-12)28-15(19,20)21/h1-4H,5-10H2,(H,22,25). The molecule has 1 fully saturated rings. The number of nitrogens with zero attached hydrogens (tertiary/aromatic N) is 2. The molecular formula is C15H17F6N3O4S. The van der Waals surface area contributed by atoms with E-state index in [1.165, 1.54) is 4.90 Å². The van der Waals surface area contributed by atoms with Crippen LogP contribution >= 0.6 is 0 Å². The summed E-state index contributed by atoms with van der Waals surface area (Å²) in [5, 5.41) is 1.73. The molecule has 1 saturated heterocycles. The number of alkyl halides is 6. The van der Waals surface area contributed by atoms with Crippen molar-refractivity contribution in [1.82, 2.24) is 14.5 Å². The summed E-state index contributed by atoms with van der Waals surface area (Å²) in [6.45, 7) is -1.62. The van der Waals surface area contributed by atoms with Gasteiger partial charge in [0.25, 0.3) is 0 Å². The molecule has 0 aliphatic carbocycles. The van der Waals surface area contributed by atoms with Crippen molar-refractivity contribution in [3.63, 3.8) is 0 Å². The first kappa shape index (κ1) is 23.2. The summed E-state index contributed by atoms with van der Waals surface area (Å²) < 4.78 is 103. The van der Waals surface area contributed by atoms with Crippen molar-refractivity contribution in [3.8, 4) is 5.75 Å². The minimum Gasteiger partial charge on any atom is -0.406 e. The van der Waals surface area contributed by atoms with Gasteiger partial charge in [0.05, 0.1) is 11.4 Å². The van der Waals surface area contributed by atoms with E-state index in [0.717, 1.165) is 28.6 Å². The van der Waals surface area contributed by atoms with Gasteiger partial charge in [0.2, 0.25) is 15.9 Å². The summed E-state index contributed by atoms with van der Waals surface area (Å²) in [6.07, 6.45) is -9.42. The van der Waals surface area contributed by atoms with Crippen molar-refractivity contribution in [2.75, 3.05) is 39.3 Å². The Labute approximate surface area is 162 Å². The molecule has 0 atom stereocenters. The fourth-order valence-electron chi connectivity index (χ4n) is 2.55. The summed E-state index contributed by atoms with van der Waals surface area (Å²) in [5.74, 6) is -1.40. The van der Waals surface area contributed by atoms with Crippen LogP contribution in [0.2, 0.25) is 0 Å². The number of halogens is 6. The van der Waals surface area contributed by atoms with Crippen molar-refractivity contribution in [2.24, 2.45) is 0 Å². The molecule has 1 aromatic rings. The number of nitrogens with one attached hydrogen (secondary N) is 1. The average molecular weight is 449 g/mol. The van der Waals surface area contributed by atoms with Crippen LogP contribution in [-0.2, 0) is 14.8 Å². The lowest BCUT2D eigenvalue weighted by molar-refractivity contribution is -0.274. The van der Waals surface area contributed by atoms with Crippen LogP contribution in [0, 0.1) is 0 Å². The van der Waals surface area contributed by atoms with Crippen molar-refractivity contribution in [3.05, 3.63) is 24.3 Å². The molecule has 29 heavy (non-hydrogen) atoms. The normalized spacial score (nSPS) is 17.2. The fraction of sp³-hybridized carbons (Fsp3) is 0.533. The molecule has 0 radical (unpaired) electrons. The van der Waals surface area contributed by atoms with Crippen LogP contribution in [0.1, 0.15) is 0 Å². The zero-order valence-corrected chi connectivity index (χ0v) is 15.6. The summed E-state index contributed by atoms with van der Waals surface area (Å²) in [4.78, 5) is 12.8. The third-order valence-corrected chi connectivity index (χ3v) is 5.79. The lowest BCUT2D eigenvalue weighted by Crippen LogP contribution is -2.51. The van der Waals surface area contributed by atoms with Crippen molar-refractivity contribution in [1.29, 1.82) is 0 Å². The smallest absolute Gasteiger partial charge is 0.406 e. The molecule has 0 unspecified atom stereocenters. The fourth-order valence-corrected chi connectivity index (χ4v) is 3.97. The number of hydrogen-bond acceptors (Lipinski definition) is 5. The highest BCUT2D eigenvalue weighted by Crippen LogP contribution is 2.25. The molecule has 14 heteroatoms. The zero-order chi connectivity index (χ0) is 21.9. The average Bonchev–Trinajstić information content (AvgIpc) is 2.59. The van der Waals surface area contributed by atoms with Gasteiger partial charge >= 0.3 is 12.5 Å². The van der Waals surface area contributed by atoms with E-state index in [9.17, 15) is 39.6 Å². The van der Waals surface area contributed by atoms with Gasteiger partial charge in [-0.2, -0.15) is 17.5 Å². The number of ether oxygens (including phenoxy) is 1. The van der Waals surface area contributed by atoms with Gasteiger partial charge in [-0.15, -0.1) is 13.2 Å². The van der Waals surface area contributed by atoms with E-state index >= 15 is 0 Å². The molecule has 1 amide bonds. The Morgan fingerprint density at radius 3 is 2.03 bits per heavy atom. The van der Waals surface area contributed by atoms with Crippen molar-refractivity contribution >= 4 is 15.9 Å². The molecule has 1 aromatic carbocycles. The van der Waals surface area contributed by atoms with Crippen molar-refractivity contribution < 1.29 is 44.3 Å². The van der Waals surface area contributed by atoms with Gasteiger partial charge in [0, 0.05) is 26.2 Å². The maximum atomic E-state index is 12.6. The zero-order valence-electron chi connectivity index (χ0n) is 14.8. The Kier molecular flexibility index (Phi) is 7.01. The second-order valence-corrected chi connectivity index (χ2v) is 8.03. The molecule has 1 aliphatic rings. The van der Waals surface area contributed by atoms with Gasteiger partial charge in [-0.05, 0) is 24.3 Å². The number of hydrogen-bond donors (Lipinski definition) is 1. The summed E-state index contributed by atoms with van der Waals surface area (Å²) in [6, 6.07) is 3.71. The van der Waals surface area contributed by atoms with Gasteiger partial charge in [0.15, 0.2) is 0 Å². The minimum atomic E-state index is -4.90. The first-order chi connectivity index (χ1) is 13.3. The number of amides is 1. The van der Waals surface area contributed by atoms with Crippen LogP contribution in [0.3, 0.4) is 0 Å². The third-order valence-electron chi connectivity index (χ3n) is 3.88. The van der Waals surface area contributed by atoms with Crippen LogP contribution in [0.4, 0.5) is 26.3 Å². The van der Waals surface area contributed by atoms with Crippen molar-refractivity contribution in [2.45, 2.75) is 17.4 Å². The maximum absolute atomic E-state index is 12.6. The molecule has 1 heterocycles. The van der Waals surface area contributed by atoms with Crippen LogP contribution in [-0.4, -0.2) is 75.3 Å². The van der Waals surface area contributed by atoms with E-state index in [4.69, 9.17) is 0 Å². The second-order valence-electron chi connectivity index (χ2n) is 6.09. The minimum absolute atomic E-state index is 0.0321. The van der Waals surface area contributed by atoms with Gasteiger partial charge in [-0.3, -0.25) is 9.69 Å². The SMILES string of the molecule is O=C(CN1CCN(S(=O)(=O)c2ccc(OC(F)(F)F)cc2)CC1)NCC(F)(F)F. The molecule has 7 nitrogen and oxygen atoms in total. The Morgan fingerprint density at radius 1 is 1.00 bits per heavy atom. The summed E-state index contributed by atoms with van der Waals surface area (Å²) in [5.41, 5.74) is 0. The third kappa shape index (κ3) is 7.36. The highest BCUT2D eigenvalue weighted by atomic mass is 32.2. The number of benzene rings is 1. The Bertz CT molecular complexity index is 803. The Hall–Kier alpha value is -2.06. The molecule has 164 valence electrons. The largest absolute Gasteiger partial charge is 0.573 e. The number of carbonyl (C=O) groups excluding carboxylic acids is 1. The Morgan fingerprint density at radius 2 is 1.55 bits per heavy atom. The number of carbonyl (C=O) groups is 1. The molecule has 0 aromatic heterocycles. The molecule has 0 saturated carbocycles. The van der Waals surface area contributed by atoms with Gasteiger partial charge in [-0.1, -0.05) is 0 Å². The van der Waals surface area contributed by atoms with E-state index in [1.54, 1.807) is 5.32 Å². The van der Waals surface area contributed by atoms with E-state index < -0.39 is 40.8 Å². The quantitative estimate of drug-likeness (QED) is 0.668. The lowest BCUT2D eigenvalue weighted by atomic mass is 10.3. The van der Waals surface area contributed by atoms with Gasteiger partial charge in [0.1, 0.15) is 12.3 Å². The summed E-state index contributed by atoms with van der Waals surface area (Å²) >= 11 is 0. The first-order valence-corrected chi connectivity index (χ1v) is 9.62. The van der Waals surface area contributed by atoms with E-state index in [1.807, 2.05) is 0 Å². The molecule has 1 N–H and O–H groups in total. The van der Waals surface area contributed by atoms with E-state index in [0.29, 0.717) is 0 Å². The number of piperazine rings is 1. The van der Waals surface area contributed by atoms with Crippen LogP contribution < -0.4 is 10.1 Å². The molecule has 2 rings (SSSR count). The number of rotatable bonds is 6. The molecule has 0 spiro atoms. The summed E-state index contributed by atoms with van der Waals surface area (Å²) in [7, 11) is -3.98. The predicted molar refractivity (Wildman–Crippen MR) is 87.4 cm³/mol. The van der Waals surface area contributed by atoms with Gasteiger partial charge in [-0.25, -0.2) is 8.42 Å². The lowest BCUT2D eigenvalue weighted by Gasteiger charge is -2.33. The van der Waals surface area contributed by atoms with E-state index in [-0.39, 0.29) is 37.6 Å². The maximum Gasteiger partial charge on any atom is 0.573 e. The molecule has 0 bridgehead atoms. The first-order valence-electron chi connectivity index (χ1n) is 8.18.